The third-order valence-electron chi connectivity index (χ3n) is 5.78. The summed E-state index contributed by atoms with van der Waals surface area (Å²) in [5.41, 5.74) is 2.01. The summed E-state index contributed by atoms with van der Waals surface area (Å²) in [5.74, 6) is -0.989. The number of carbonyl (C=O) groups excluding carboxylic acids is 2. The number of anilines is 1. The van der Waals surface area contributed by atoms with Crippen molar-refractivity contribution in [1.82, 2.24) is 4.90 Å². The van der Waals surface area contributed by atoms with Crippen LogP contribution in [0.2, 0.25) is 0 Å². The van der Waals surface area contributed by atoms with Crippen molar-refractivity contribution in [3.8, 4) is 0 Å². The first-order valence-electron chi connectivity index (χ1n) is 10.9. The Bertz CT molecular complexity index is 1300. The Hall–Kier alpha value is -3.17. The van der Waals surface area contributed by atoms with Crippen molar-refractivity contribution in [1.29, 1.82) is 0 Å². The first kappa shape index (κ1) is 24.0. The fourth-order valence-electron chi connectivity index (χ4n) is 4.04. The van der Waals surface area contributed by atoms with Crippen molar-refractivity contribution in [2.45, 2.75) is 37.6 Å². The first-order valence-corrected chi connectivity index (χ1v) is 13.3. The van der Waals surface area contributed by atoms with Crippen LogP contribution < -0.4 is 4.72 Å². The maximum Gasteiger partial charge on any atom is 0.338 e. The van der Waals surface area contributed by atoms with Crippen LogP contribution in [0.15, 0.2) is 64.9 Å². The molecule has 1 aliphatic rings. The van der Waals surface area contributed by atoms with Crippen molar-refractivity contribution >= 4 is 38.9 Å². The Morgan fingerprint density at radius 3 is 2.68 bits per heavy atom. The zero-order chi connectivity index (χ0) is 24.3. The number of ether oxygens (including phenoxy) is 1. The van der Waals surface area contributed by atoms with Gasteiger partial charge in [0.1, 0.15) is 0 Å². The fraction of sp³-hybridized carbons (Fsp3) is 0.280. The number of nitrogens with one attached hydrogen (secondary N) is 1. The first-order chi connectivity index (χ1) is 16.2. The maximum atomic E-state index is 12.9. The number of sulfonamides is 1. The van der Waals surface area contributed by atoms with Gasteiger partial charge in [0.05, 0.1) is 16.5 Å². The molecule has 9 heteroatoms. The Kier molecular flexibility index (Phi) is 7.04. The minimum Gasteiger partial charge on any atom is -0.452 e. The van der Waals surface area contributed by atoms with Crippen LogP contribution in [0.4, 0.5) is 5.69 Å². The summed E-state index contributed by atoms with van der Waals surface area (Å²) in [6, 6.07) is 15.2. The van der Waals surface area contributed by atoms with Gasteiger partial charge in [-0.15, -0.1) is 11.3 Å². The Morgan fingerprint density at radius 2 is 1.94 bits per heavy atom. The molecule has 0 saturated carbocycles. The molecule has 1 saturated heterocycles. The summed E-state index contributed by atoms with van der Waals surface area (Å²) >= 11 is 1.61. The molecular weight excluding hydrogens is 472 g/mol. The van der Waals surface area contributed by atoms with Gasteiger partial charge in [-0.2, -0.15) is 0 Å². The van der Waals surface area contributed by atoms with Crippen LogP contribution in [0, 0.1) is 13.8 Å². The number of likely N-dealkylation sites (tertiary alicyclic amines) is 1. The molecule has 0 bridgehead atoms. The molecule has 2 heterocycles. The molecule has 34 heavy (non-hydrogen) atoms. The average Bonchev–Trinajstić information content (AvgIpc) is 3.49. The number of nitrogens with zero attached hydrogens (tertiary/aromatic N) is 1. The lowest BCUT2D eigenvalue weighted by atomic mass is 10.1. The Morgan fingerprint density at radius 1 is 1.12 bits per heavy atom. The maximum absolute atomic E-state index is 12.9. The number of hydrogen-bond acceptors (Lipinski definition) is 6. The second-order valence-electron chi connectivity index (χ2n) is 8.29. The molecule has 1 N–H and O–H groups in total. The molecule has 1 atom stereocenters. The molecule has 1 fully saturated rings. The highest BCUT2D eigenvalue weighted by Gasteiger charge is 2.31. The third-order valence-corrected chi connectivity index (χ3v) is 8.13. The van der Waals surface area contributed by atoms with Crippen LogP contribution in [-0.4, -0.2) is 38.3 Å². The van der Waals surface area contributed by atoms with Crippen LogP contribution in [0.1, 0.15) is 45.2 Å². The van der Waals surface area contributed by atoms with Gasteiger partial charge in [0.15, 0.2) is 6.61 Å². The number of carbonyl (C=O) groups is 2. The quantitative estimate of drug-likeness (QED) is 0.477. The zero-order valence-corrected chi connectivity index (χ0v) is 20.6. The summed E-state index contributed by atoms with van der Waals surface area (Å²) in [6.45, 7) is 3.79. The molecule has 0 radical (unpaired) electrons. The lowest BCUT2D eigenvalue weighted by Crippen LogP contribution is -2.34. The molecule has 178 valence electrons. The smallest absolute Gasteiger partial charge is 0.338 e. The highest BCUT2D eigenvalue weighted by molar-refractivity contribution is 7.92. The molecule has 7 nitrogen and oxygen atoms in total. The second kappa shape index (κ2) is 9.99. The van der Waals surface area contributed by atoms with Gasteiger partial charge in [0.25, 0.3) is 15.9 Å². The standard InChI is InChI=1S/C25H26N2O5S2/c1-17-6-3-7-19(14-17)26-34(30,31)20-11-10-18(2)21(15-20)25(29)32-16-24(28)27-12-4-8-22(27)23-9-5-13-33-23/h3,5-7,9-11,13-15,22,26H,4,8,12,16H2,1-2H3. The third kappa shape index (κ3) is 5.31. The fourth-order valence-corrected chi connectivity index (χ4v) is 5.99. The Labute approximate surface area is 203 Å². The summed E-state index contributed by atoms with van der Waals surface area (Å²) < 4.78 is 33.6. The van der Waals surface area contributed by atoms with Crippen LogP contribution in [0.3, 0.4) is 0 Å². The molecular formula is C25H26N2O5S2. The van der Waals surface area contributed by atoms with E-state index in [0.717, 1.165) is 23.3 Å². The van der Waals surface area contributed by atoms with E-state index >= 15 is 0 Å². The normalized spacial score (nSPS) is 15.8. The van der Waals surface area contributed by atoms with E-state index < -0.39 is 22.6 Å². The molecule has 1 amide bonds. The molecule has 3 aromatic rings. The van der Waals surface area contributed by atoms with Crippen LogP contribution in [-0.2, 0) is 19.6 Å². The van der Waals surface area contributed by atoms with E-state index in [1.54, 1.807) is 47.4 Å². The zero-order valence-electron chi connectivity index (χ0n) is 19.0. The summed E-state index contributed by atoms with van der Waals surface area (Å²) in [4.78, 5) is 28.4. The van der Waals surface area contributed by atoms with Gasteiger partial charge in [0.2, 0.25) is 0 Å². The van der Waals surface area contributed by atoms with Gasteiger partial charge in [-0.25, -0.2) is 13.2 Å². The summed E-state index contributed by atoms with van der Waals surface area (Å²) in [7, 11) is -3.91. The Balaban J connectivity index is 1.45. The minimum absolute atomic E-state index is 0.00843. The topological polar surface area (TPSA) is 92.8 Å². The van der Waals surface area contributed by atoms with Crippen LogP contribution >= 0.6 is 11.3 Å². The minimum atomic E-state index is -3.91. The van der Waals surface area contributed by atoms with Gasteiger partial charge in [-0.1, -0.05) is 24.3 Å². The highest BCUT2D eigenvalue weighted by Crippen LogP contribution is 2.34. The van der Waals surface area contributed by atoms with Crippen molar-refractivity contribution in [3.63, 3.8) is 0 Å². The average molecular weight is 499 g/mol. The van der Waals surface area contributed by atoms with Crippen molar-refractivity contribution in [2.75, 3.05) is 17.9 Å². The molecule has 0 aliphatic carbocycles. The molecule has 0 spiro atoms. The van der Waals surface area contributed by atoms with Crippen molar-refractivity contribution < 1.29 is 22.7 Å². The largest absolute Gasteiger partial charge is 0.452 e. The lowest BCUT2D eigenvalue weighted by Gasteiger charge is -2.23. The van der Waals surface area contributed by atoms with Crippen LogP contribution in [0.5, 0.6) is 0 Å². The van der Waals surface area contributed by atoms with Gasteiger partial charge < -0.3 is 9.64 Å². The van der Waals surface area contributed by atoms with Crippen molar-refractivity contribution in [2.24, 2.45) is 0 Å². The number of benzene rings is 2. The number of hydrogen-bond donors (Lipinski definition) is 1. The van der Waals surface area contributed by atoms with E-state index in [1.807, 2.05) is 30.5 Å². The van der Waals surface area contributed by atoms with Gasteiger partial charge in [0, 0.05) is 17.1 Å². The highest BCUT2D eigenvalue weighted by atomic mass is 32.2. The number of rotatable bonds is 7. The van der Waals surface area contributed by atoms with Gasteiger partial charge in [-0.05, 0) is 73.5 Å². The molecule has 2 aromatic carbocycles. The van der Waals surface area contributed by atoms with Gasteiger partial charge in [-0.3, -0.25) is 9.52 Å². The van der Waals surface area contributed by atoms with E-state index in [-0.39, 0.29) is 22.4 Å². The molecule has 1 aliphatic heterocycles. The number of aryl methyl sites for hydroxylation is 2. The van der Waals surface area contributed by atoms with E-state index in [4.69, 9.17) is 4.74 Å². The predicted molar refractivity (Wildman–Crippen MR) is 131 cm³/mol. The number of esters is 1. The summed E-state index contributed by atoms with van der Waals surface area (Å²) in [6.07, 6.45) is 1.78. The van der Waals surface area contributed by atoms with E-state index in [0.29, 0.717) is 17.8 Å². The summed E-state index contributed by atoms with van der Waals surface area (Å²) in [5, 5.41) is 1.98. The number of amides is 1. The number of thiophene rings is 1. The van der Waals surface area contributed by atoms with E-state index in [1.165, 1.54) is 12.1 Å². The van der Waals surface area contributed by atoms with Gasteiger partial charge >= 0.3 is 5.97 Å². The van der Waals surface area contributed by atoms with E-state index in [2.05, 4.69) is 4.72 Å². The van der Waals surface area contributed by atoms with Crippen molar-refractivity contribution in [3.05, 3.63) is 81.5 Å². The van der Waals surface area contributed by atoms with Crippen LogP contribution in [0.25, 0.3) is 0 Å². The lowest BCUT2D eigenvalue weighted by molar-refractivity contribution is -0.135. The van der Waals surface area contributed by atoms with E-state index in [9.17, 15) is 18.0 Å². The molecule has 1 unspecified atom stereocenters. The predicted octanol–water partition coefficient (Wildman–Crippen LogP) is 4.69. The molecule has 1 aromatic heterocycles. The molecule has 4 rings (SSSR count). The second-order valence-corrected chi connectivity index (χ2v) is 11.0. The SMILES string of the molecule is Cc1cccc(NS(=O)(=O)c2ccc(C)c(C(=O)OCC(=O)N3CCCC3c3cccs3)c2)c1. The monoisotopic (exact) mass is 498 g/mol.